The van der Waals surface area contributed by atoms with Crippen LogP contribution in [0.25, 0.3) is 11.1 Å². The highest BCUT2D eigenvalue weighted by molar-refractivity contribution is 7.92. The number of sulfone groups is 1. The molecule has 0 unspecified atom stereocenters. The summed E-state index contributed by atoms with van der Waals surface area (Å²) in [7, 11) is -3.10. The maximum atomic E-state index is 13.1. The molecule has 1 amide bonds. The van der Waals surface area contributed by atoms with E-state index in [2.05, 4.69) is 0 Å². The Bertz CT molecular complexity index is 913. The summed E-state index contributed by atoms with van der Waals surface area (Å²) in [5.41, 5.74) is 2.38. The zero-order chi connectivity index (χ0) is 20.3. The van der Waals surface area contributed by atoms with Crippen molar-refractivity contribution in [1.29, 1.82) is 0 Å². The van der Waals surface area contributed by atoms with E-state index < -0.39 is 9.84 Å². The standard InChI is InChI=1S/C22H26FNO3S/c1-16(2)15-28(26,27)21-11-13-24(14-12-21)22(25)19-5-3-17(4-6-19)18-7-9-20(23)10-8-18/h3-10,16,21H,11-15H2,1-2H3. The second-order valence-electron chi connectivity index (χ2n) is 7.80. The van der Waals surface area contributed by atoms with Gasteiger partial charge in [-0.2, -0.15) is 0 Å². The van der Waals surface area contributed by atoms with Crippen LogP contribution in [0.15, 0.2) is 48.5 Å². The highest BCUT2D eigenvalue weighted by atomic mass is 32.2. The first-order valence-corrected chi connectivity index (χ1v) is 11.3. The van der Waals surface area contributed by atoms with Crippen LogP contribution in [0.1, 0.15) is 37.0 Å². The predicted octanol–water partition coefficient (Wildman–Crippen LogP) is 4.17. The fourth-order valence-electron chi connectivity index (χ4n) is 3.65. The van der Waals surface area contributed by atoms with Crippen molar-refractivity contribution in [3.05, 3.63) is 59.9 Å². The summed E-state index contributed by atoms with van der Waals surface area (Å²) in [5, 5.41) is -0.347. The number of benzene rings is 2. The molecule has 0 aliphatic carbocycles. The summed E-state index contributed by atoms with van der Waals surface area (Å²) < 4.78 is 37.9. The lowest BCUT2D eigenvalue weighted by Crippen LogP contribution is -2.43. The number of likely N-dealkylation sites (tertiary alicyclic amines) is 1. The first-order valence-electron chi connectivity index (χ1n) is 9.63. The third-order valence-corrected chi connectivity index (χ3v) is 7.73. The molecule has 3 rings (SSSR count). The summed E-state index contributed by atoms with van der Waals surface area (Å²) in [6, 6.07) is 13.5. The Kier molecular flexibility index (Phi) is 6.18. The van der Waals surface area contributed by atoms with Gasteiger partial charge >= 0.3 is 0 Å². The number of hydrogen-bond donors (Lipinski definition) is 0. The van der Waals surface area contributed by atoms with Gasteiger partial charge in [-0.15, -0.1) is 0 Å². The SMILES string of the molecule is CC(C)CS(=O)(=O)C1CCN(C(=O)c2ccc(-c3ccc(F)cc3)cc2)CC1. The van der Waals surface area contributed by atoms with Crippen molar-refractivity contribution in [2.24, 2.45) is 5.92 Å². The Morgan fingerprint density at radius 1 is 1.00 bits per heavy atom. The molecule has 1 fully saturated rings. The van der Waals surface area contributed by atoms with Crippen LogP contribution in [0.2, 0.25) is 0 Å². The number of piperidine rings is 1. The van der Waals surface area contributed by atoms with Crippen molar-refractivity contribution in [2.45, 2.75) is 31.9 Å². The molecular formula is C22H26FNO3S. The lowest BCUT2D eigenvalue weighted by atomic mass is 10.0. The van der Waals surface area contributed by atoms with Gasteiger partial charge in [0.2, 0.25) is 0 Å². The number of carbonyl (C=O) groups excluding carboxylic acids is 1. The Morgan fingerprint density at radius 3 is 2.00 bits per heavy atom. The largest absolute Gasteiger partial charge is 0.339 e. The van der Waals surface area contributed by atoms with E-state index in [1.165, 1.54) is 12.1 Å². The van der Waals surface area contributed by atoms with Crippen LogP contribution in [0.3, 0.4) is 0 Å². The molecule has 1 aliphatic rings. The monoisotopic (exact) mass is 403 g/mol. The van der Waals surface area contributed by atoms with E-state index in [0.717, 1.165) is 11.1 Å². The van der Waals surface area contributed by atoms with Crippen molar-refractivity contribution in [2.75, 3.05) is 18.8 Å². The normalized spacial score (nSPS) is 15.8. The lowest BCUT2D eigenvalue weighted by Gasteiger charge is -2.32. The van der Waals surface area contributed by atoms with Crippen LogP contribution in [-0.4, -0.2) is 43.3 Å². The number of rotatable bonds is 5. The average Bonchev–Trinajstić information content (AvgIpc) is 2.67. The zero-order valence-electron chi connectivity index (χ0n) is 16.3. The molecule has 0 radical (unpaired) electrons. The minimum Gasteiger partial charge on any atom is -0.339 e. The highest BCUT2D eigenvalue weighted by Gasteiger charge is 2.32. The number of amides is 1. The third kappa shape index (κ3) is 4.79. The molecule has 28 heavy (non-hydrogen) atoms. The van der Waals surface area contributed by atoms with Crippen molar-refractivity contribution >= 4 is 15.7 Å². The molecule has 0 saturated carbocycles. The zero-order valence-corrected chi connectivity index (χ0v) is 17.1. The minimum absolute atomic E-state index is 0.0784. The fourth-order valence-corrected chi connectivity index (χ4v) is 5.78. The summed E-state index contributed by atoms with van der Waals surface area (Å²) >= 11 is 0. The highest BCUT2D eigenvalue weighted by Crippen LogP contribution is 2.24. The topological polar surface area (TPSA) is 54.5 Å². The van der Waals surface area contributed by atoms with Crippen molar-refractivity contribution in [3.8, 4) is 11.1 Å². The van der Waals surface area contributed by atoms with Crippen molar-refractivity contribution in [1.82, 2.24) is 4.90 Å². The first-order chi connectivity index (χ1) is 13.3. The second-order valence-corrected chi connectivity index (χ2v) is 10.1. The van der Waals surface area contributed by atoms with E-state index in [1.807, 2.05) is 26.0 Å². The summed E-state index contributed by atoms with van der Waals surface area (Å²) in [6.07, 6.45) is 0.989. The van der Waals surface area contributed by atoms with Gasteiger partial charge in [-0.25, -0.2) is 12.8 Å². The van der Waals surface area contributed by atoms with Gasteiger partial charge in [0.15, 0.2) is 9.84 Å². The van der Waals surface area contributed by atoms with Gasteiger partial charge < -0.3 is 4.90 Å². The van der Waals surface area contributed by atoms with E-state index >= 15 is 0 Å². The minimum atomic E-state index is -3.10. The van der Waals surface area contributed by atoms with E-state index in [9.17, 15) is 17.6 Å². The van der Waals surface area contributed by atoms with Gasteiger partial charge in [0.1, 0.15) is 5.82 Å². The Morgan fingerprint density at radius 2 is 1.50 bits per heavy atom. The fraction of sp³-hybridized carbons (Fsp3) is 0.409. The molecule has 2 aromatic carbocycles. The molecule has 150 valence electrons. The Hall–Kier alpha value is -2.21. The number of hydrogen-bond acceptors (Lipinski definition) is 3. The molecule has 4 nitrogen and oxygen atoms in total. The first kappa shape index (κ1) is 20.5. The van der Waals surface area contributed by atoms with Crippen LogP contribution in [-0.2, 0) is 9.84 Å². The van der Waals surface area contributed by atoms with E-state index in [4.69, 9.17) is 0 Å². The molecule has 2 aromatic rings. The smallest absolute Gasteiger partial charge is 0.253 e. The molecular weight excluding hydrogens is 377 g/mol. The van der Waals surface area contributed by atoms with Gasteiger partial charge in [-0.05, 0) is 54.2 Å². The summed E-state index contributed by atoms with van der Waals surface area (Å²) in [5.74, 6) is -0.0415. The molecule has 0 atom stereocenters. The lowest BCUT2D eigenvalue weighted by molar-refractivity contribution is 0.0725. The maximum Gasteiger partial charge on any atom is 0.253 e. The molecule has 1 heterocycles. The molecule has 1 aliphatic heterocycles. The molecule has 6 heteroatoms. The van der Waals surface area contributed by atoms with E-state index in [0.29, 0.717) is 31.5 Å². The van der Waals surface area contributed by atoms with Crippen molar-refractivity contribution < 1.29 is 17.6 Å². The van der Waals surface area contributed by atoms with Crippen LogP contribution >= 0.6 is 0 Å². The molecule has 0 N–H and O–H groups in total. The molecule has 1 saturated heterocycles. The van der Waals surface area contributed by atoms with Gasteiger partial charge in [0.05, 0.1) is 11.0 Å². The second kappa shape index (κ2) is 8.43. The number of carbonyl (C=O) groups is 1. The van der Waals surface area contributed by atoms with E-state index in [-0.39, 0.29) is 28.6 Å². The predicted molar refractivity (Wildman–Crippen MR) is 109 cm³/mol. The Balaban J connectivity index is 1.63. The number of halogens is 1. The van der Waals surface area contributed by atoms with Gasteiger partial charge in [-0.1, -0.05) is 38.1 Å². The molecule has 0 spiro atoms. The van der Waals surface area contributed by atoms with E-state index in [1.54, 1.807) is 29.2 Å². The van der Waals surface area contributed by atoms with Crippen LogP contribution in [0.5, 0.6) is 0 Å². The Labute approximate surface area is 166 Å². The number of nitrogens with zero attached hydrogens (tertiary/aromatic N) is 1. The third-order valence-electron chi connectivity index (χ3n) is 5.11. The molecule has 0 aromatic heterocycles. The van der Waals surface area contributed by atoms with Gasteiger partial charge in [0, 0.05) is 18.7 Å². The summed E-state index contributed by atoms with van der Waals surface area (Å²) in [4.78, 5) is 14.5. The van der Waals surface area contributed by atoms with Gasteiger partial charge in [0.25, 0.3) is 5.91 Å². The molecule has 0 bridgehead atoms. The van der Waals surface area contributed by atoms with Crippen molar-refractivity contribution in [3.63, 3.8) is 0 Å². The van der Waals surface area contributed by atoms with Crippen LogP contribution in [0, 0.1) is 11.7 Å². The van der Waals surface area contributed by atoms with Crippen LogP contribution in [0.4, 0.5) is 4.39 Å². The van der Waals surface area contributed by atoms with Gasteiger partial charge in [-0.3, -0.25) is 4.79 Å². The quantitative estimate of drug-likeness (QED) is 0.753. The summed E-state index contributed by atoms with van der Waals surface area (Å²) in [6.45, 7) is 4.73. The maximum absolute atomic E-state index is 13.1. The average molecular weight is 404 g/mol. The van der Waals surface area contributed by atoms with Crippen LogP contribution < -0.4 is 0 Å².